The van der Waals surface area contributed by atoms with Crippen molar-refractivity contribution in [1.29, 1.82) is 0 Å². The lowest BCUT2D eigenvalue weighted by Crippen LogP contribution is -2.39. The van der Waals surface area contributed by atoms with E-state index in [2.05, 4.69) is 14.4 Å². The van der Waals surface area contributed by atoms with Gasteiger partial charge in [0.2, 0.25) is 0 Å². The van der Waals surface area contributed by atoms with Crippen molar-refractivity contribution in [2.45, 2.75) is 22.6 Å². The number of thiazole rings is 1. The molecule has 2 N–H and O–H groups in total. The molecule has 9 heteroatoms. The van der Waals surface area contributed by atoms with Crippen molar-refractivity contribution in [3.63, 3.8) is 0 Å². The van der Waals surface area contributed by atoms with Crippen LogP contribution in [0.5, 0.6) is 0 Å². The minimum Gasteiger partial charge on any atom is -0.464 e. The van der Waals surface area contributed by atoms with Gasteiger partial charge in [-0.05, 0) is 12.8 Å². The van der Waals surface area contributed by atoms with Crippen molar-refractivity contribution in [2.24, 2.45) is 0 Å². The highest BCUT2D eigenvalue weighted by molar-refractivity contribution is 7.91. The van der Waals surface area contributed by atoms with E-state index in [0.717, 1.165) is 18.4 Å². The van der Waals surface area contributed by atoms with Crippen LogP contribution < -0.4 is 4.72 Å². The van der Waals surface area contributed by atoms with Gasteiger partial charge in [-0.2, -0.15) is 0 Å². The molecular formula is C9H12N2O5S2. The van der Waals surface area contributed by atoms with Gasteiger partial charge in [-0.3, -0.25) is 0 Å². The maximum Gasteiger partial charge on any atom is 0.358 e. The van der Waals surface area contributed by atoms with Gasteiger partial charge in [0.1, 0.15) is 0 Å². The van der Waals surface area contributed by atoms with Crippen LogP contribution in [0.4, 0.5) is 0 Å². The molecule has 0 unspecified atom stereocenters. The zero-order chi connectivity index (χ0) is 13.4. The fourth-order valence-corrected chi connectivity index (χ4v) is 4.02. The van der Waals surface area contributed by atoms with Crippen LogP contribution in [-0.4, -0.2) is 43.7 Å². The Hall–Kier alpha value is -1.03. The van der Waals surface area contributed by atoms with Crippen molar-refractivity contribution < 1.29 is 23.1 Å². The van der Waals surface area contributed by atoms with Crippen molar-refractivity contribution in [1.82, 2.24) is 9.71 Å². The summed E-state index contributed by atoms with van der Waals surface area (Å²) in [5.74, 6) is -0.800. The number of esters is 1. The number of hydrogen-bond donors (Lipinski definition) is 2. The number of methoxy groups -OCH3 is 1. The molecule has 2 rings (SSSR count). The van der Waals surface area contributed by atoms with E-state index in [-0.39, 0.29) is 16.5 Å². The predicted octanol–water partition coefficient (Wildman–Crippen LogP) is -0.267. The van der Waals surface area contributed by atoms with E-state index < -0.39 is 21.5 Å². The lowest BCUT2D eigenvalue weighted by molar-refractivity contribution is 0.0590. The standard InChI is InChI=1S/C9H12N2O5S2/c1-16-7(13)6-8(17-5-10-6)18(14,15)11-9(4-12)2-3-9/h5,11-12H,2-4H2,1H3. The zero-order valence-electron chi connectivity index (χ0n) is 9.54. The number of hydrogen-bond acceptors (Lipinski definition) is 7. The Balaban J connectivity index is 2.31. The molecule has 1 aromatic heterocycles. The van der Waals surface area contributed by atoms with Gasteiger partial charge in [-0.15, -0.1) is 11.3 Å². The normalized spacial score (nSPS) is 17.4. The van der Waals surface area contributed by atoms with Crippen LogP contribution >= 0.6 is 11.3 Å². The van der Waals surface area contributed by atoms with Crippen LogP contribution in [0.3, 0.4) is 0 Å². The van der Waals surface area contributed by atoms with E-state index in [9.17, 15) is 13.2 Å². The zero-order valence-corrected chi connectivity index (χ0v) is 11.2. The minimum absolute atomic E-state index is 0.186. The molecule has 1 aromatic rings. The van der Waals surface area contributed by atoms with Gasteiger partial charge >= 0.3 is 5.97 Å². The van der Waals surface area contributed by atoms with Crippen molar-refractivity contribution >= 4 is 27.3 Å². The van der Waals surface area contributed by atoms with Crippen LogP contribution in [0, 0.1) is 0 Å². The molecule has 7 nitrogen and oxygen atoms in total. The van der Waals surface area contributed by atoms with E-state index >= 15 is 0 Å². The lowest BCUT2D eigenvalue weighted by Gasteiger charge is -2.13. The van der Waals surface area contributed by atoms with Crippen molar-refractivity contribution in [3.05, 3.63) is 11.2 Å². The molecule has 1 fully saturated rings. The van der Waals surface area contributed by atoms with Crippen LogP contribution in [0.1, 0.15) is 23.3 Å². The van der Waals surface area contributed by atoms with E-state index in [1.165, 1.54) is 5.51 Å². The number of sulfonamides is 1. The Labute approximate surface area is 108 Å². The summed E-state index contributed by atoms with van der Waals surface area (Å²) in [7, 11) is -2.71. The number of aliphatic hydroxyl groups excluding tert-OH is 1. The highest BCUT2D eigenvalue weighted by Crippen LogP contribution is 2.37. The molecule has 1 aliphatic rings. The number of nitrogens with one attached hydrogen (secondary N) is 1. The topological polar surface area (TPSA) is 106 Å². The first-order chi connectivity index (χ1) is 8.44. The molecule has 0 radical (unpaired) electrons. The number of ether oxygens (including phenoxy) is 1. The van der Waals surface area contributed by atoms with Crippen LogP contribution in [0.25, 0.3) is 0 Å². The number of aliphatic hydroxyl groups is 1. The van der Waals surface area contributed by atoms with Crippen LogP contribution in [0.2, 0.25) is 0 Å². The van der Waals surface area contributed by atoms with Gasteiger partial charge in [0.05, 0.1) is 24.8 Å². The average molecular weight is 292 g/mol. The molecule has 0 aliphatic heterocycles. The highest BCUT2D eigenvalue weighted by atomic mass is 32.2. The first-order valence-electron chi connectivity index (χ1n) is 5.11. The summed E-state index contributed by atoms with van der Waals surface area (Å²) in [5.41, 5.74) is 0.249. The summed E-state index contributed by atoms with van der Waals surface area (Å²) in [4.78, 5) is 15.1. The molecule has 100 valence electrons. The third-order valence-corrected chi connectivity index (χ3v) is 5.61. The average Bonchev–Trinajstić information content (AvgIpc) is 2.92. The third-order valence-electron chi connectivity index (χ3n) is 2.66. The van der Waals surface area contributed by atoms with Gasteiger partial charge in [-0.1, -0.05) is 0 Å². The Morgan fingerprint density at radius 1 is 1.67 bits per heavy atom. The number of carbonyl (C=O) groups is 1. The molecule has 0 atom stereocenters. The molecule has 1 aliphatic carbocycles. The Kier molecular flexibility index (Phi) is 3.41. The monoisotopic (exact) mass is 292 g/mol. The molecule has 0 spiro atoms. The largest absolute Gasteiger partial charge is 0.464 e. The van der Waals surface area contributed by atoms with Crippen LogP contribution in [0.15, 0.2) is 9.72 Å². The summed E-state index contributed by atoms with van der Waals surface area (Å²) < 4.78 is 30.9. The second-order valence-corrected chi connectivity index (χ2v) is 6.76. The number of rotatable bonds is 5. The van der Waals surface area contributed by atoms with E-state index in [1.807, 2.05) is 0 Å². The van der Waals surface area contributed by atoms with Gasteiger partial charge in [0, 0.05) is 0 Å². The van der Waals surface area contributed by atoms with Crippen LogP contribution in [-0.2, 0) is 14.8 Å². The predicted molar refractivity (Wildman–Crippen MR) is 62.8 cm³/mol. The Morgan fingerprint density at radius 3 is 2.83 bits per heavy atom. The van der Waals surface area contributed by atoms with Crippen molar-refractivity contribution in [2.75, 3.05) is 13.7 Å². The molecule has 0 aromatic carbocycles. The second kappa shape index (κ2) is 4.57. The molecule has 0 bridgehead atoms. The van der Waals surface area contributed by atoms with Crippen molar-refractivity contribution in [3.8, 4) is 0 Å². The van der Waals surface area contributed by atoms with E-state index in [0.29, 0.717) is 12.8 Å². The maximum atomic E-state index is 12.1. The molecule has 18 heavy (non-hydrogen) atoms. The quantitative estimate of drug-likeness (QED) is 0.724. The molecular weight excluding hydrogens is 280 g/mol. The first-order valence-corrected chi connectivity index (χ1v) is 7.47. The number of aromatic nitrogens is 1. The summed E-state index contributed by atoms with van der Waals surface area (Å²) in [6.07, 6.45) is 1.16. The maximum absolute atomic E-state index is 12.1. The first kappa shape index (κ1) is 13.4. The molecule has 1 heterocycles. The Morgan fingerprint density at radius 2 is 2.33 bits per heavy atom. The van der Waals surface area contributed by atoms with Gasteiger partial charge in [0.25, 0.3) is 10.0 Å². The fourth-order valence-electron chi connectivity index (χ4n) is 1.43. The minimum atomic E-state index is -3.86. The summed E-state index contributed by atoms with van der Waals surface area (Å²) >= 11 is 0.835. The second-order valence-electron chi connectivity index (χ2n) is 4.02. The van der Waals surface area contributed by atoms with Gasteiger partial charge in [-0.25, -0.2) is 22.9 Å². The molecule has 1 saturated carbocycles. The summed E-state index contributed by atoms with van der Waals surface area (Å²) in [6.45, 7) is -0.265. The highest BCUT2D eigenvalue weighted by Gasteiger charge is 2.46. The number of carbonyl (C=O) groups excluding carboxylic acids is 1. The fraction of sp³-hybridized carbons (Fsp3) is 0.556. The summed E-state index contributed by atoms with van der Waals surface area (Å²) in [5, 5.41) is 9.11. The Bertz CT molecular complexity index is 561. The SMILES string of the molecule is COC(=O)c1ncsc1S(=O)(=O)NC1(CO)CC1. The van der Waals surface area contributed by atoms with E-state index in [4.69, 9.17) is 5.11 Å². The van der Waals surface area contributed by atoms with Gasteiger partial charge < -0.3 is 9.84 Å². The smallest absolute Gasteiger partial charge is 0.358 e. The molecule has 0 saturated heterocycles. The molecule has 0 amide bonds. The summed E-state index contributed by atoms with van der Waals surface area (Å²) in [6, 6.07) is 0. The third kappa shape index (κ3) is 2.39. The lowest BCUT2D eigenvalue weighted by atomic mass is 10.3. The van der Waals surface area contributed by atoms with E-state index in [1.54, 1.807) is 0 Å². The van der Waals surface area contributed by atoms with Gasteiger partial charge in [0.15, 0.2) is 9.90 Å². The number of nitrogens with zero attached hydrogens (tertiary/aromatic N) is 1.